The molecule has 1 heterocycles. The van der Waals surface area contributed by atoms with Crippen LogP contribution in [0.25, 0.3) is 0 Å². The molecular weight excluding hydrogens is 319 g/mol. The van der Waals surface area contributed by atoms with Crippen LogP contribution in [0, 0.1) is 0 Å². The molecule has 1 aliphatic heterocycles. The van der Waals surface area contributed by atoms with E-state index < -0.39 is 0 Å². The van der Waals surface area contributed by atoms with E-state index in [9.17, 15) is 0 Å². The number of benzene rings is 1. The predicted molar refractivity (Wildman–Crippen MR) is 73.5 cm³/mol. The zero-order chi connectivity index (χ0) is 10.7. The van der Waals surface area contributed by atoms with E-state index in [1.54, 1.807) is 0 Å². The Balaban J connectivity index is 2.18. The first-order valence-electron chi connectivity index (χ1n) is 5.36. The molecule has 1 aromatic carbocycles. The Morgan fingerprint density at radius 2 is 2.20 bits per heavy atom. The van der Waals surface area contributed by atoms with Crippen molar-refractivity contribution in [1.29, 1.82) is 0 Å². The van der Waals surface area contributed by atoms with Gasteiger partial charge in [-0.2, -0.15) is 0 Å². The fourth-order valence-electron chi connectivity index (χ4n) is 1.80. The topological polar surface area (TPSA) is 9.23 Å². The van der Waals surface area contributed by atoms with Gasteiger partial charge in [0.15, 0.2) is 3.44 Å². The normalized spacial score (nSPS) is 24.9. The van der Waals surface area contributed by atoms with Gasteiger partial charge in [-0.1, -0.05) is 49.7 Å². The molecule has 2 rings (SSSR count). The van der Waals surface area contributed by atoms with Crippen LogP contribution in [-0.2, 0) is 4.74 Å². The zero-order valence-electron chi connectivity index (χ0n) is 8.78. The monoisotopic (exact) mass is 334 g/mol. The van der Waals surface area contributed by atoms with E-state index in [0.29, 0.717) is 6.10 Å². The van der Waals surface area contributed by atoms with Gasteiger partial charge in [-0.15, -0.1) is 0 Å². The number of thioether (sulfide) groups is 1. The maximum atomic E-state index is 5.96. The summed E-state index contributed by atoms with van der Waals surface area (Å²) in [5.41, 5.74) is 1.38. The Labute approximate surface area is 109 Å². The third kappa shape index (κ3) is 2.88. The van der Waals surface area contributed by atoms with Gasteiger partial charge in [-0.25, -0.2) is 0 Å². The highest BCUT2D eigenvalue weighted by molar-refractivity contribution is 14.1. The zero-order valence-corrected chi connectivity index (χ0v) is 11.8. The second-order valence-electron chi connectivity index (χ2n) is 3.70. The number of unbranched alkanes of at least 4 members (excludes halogenated alkanes) is 1. The van der Waals surface area contributed by atoms with Gasteiger partial charge in [0.1, 0.15) is 0 Å². The molecule has 0 fully saturated rings. The number of hydrogen-bond acceptors (Lipinski definition) is 2. The summed E-state index contributed by atoms with van der Waals surface area (Å²) in [5.74, 6) is 0. The van der Waals surface area contributed by atoms with Gasteiger partial charge in [0.05, 0.1) is 6.10 Å². The van der Waals surface area contributed by atoms with E-state index in [2.05, 4.69) is 53.8 Å². The highest BCUT2D eigenvalue weighted by Gasteiger charge is 2.25. The molecule has 0 radical (unpaired) electrons. The Hall–Kier alpha value is 0.260. The Kier molecular flexibility index (Phi) is 4.34. The van der Waals surface area contributed by atoms with Crippen molar-refractivity contribution in [1.82, 2.24) is 0 Å². The van der Waals surface area contributed by atoms with Gasteiger partial charge in [0, 0.05) is 4.90 Å². The molecule has 82 valence electrons. The molecule has 1 aromatic rings. The van der Waals surface area contributed by atoms with E-state index in [1.807, 2.05) is 11.8 Å². The lowest BCUT2D eigenvalue weighted by Crippen LogP contribution is -2.14. The summed E-state index contributed by atoms with van der Waals surface area (Å²) in [6.07, 6.45) is 3.94. The molecule has 2 unspecified atom stereocenters. The fraction of sp³-hybridized carbons (Fsp3) is 0.500. The average molecular weight is 334 g/mol. The largest absolute Gasteiger partial charge is 0.349 e. The lowest BCUT2D eigenvalue weighted by Gasteiger charge is -2.28. The lowest BCUT2D eigenvalue weighted by molar-refractivity contribution is 0.0659. The van der Waals surface area contributed by atoms with E-state index in [0.717, 1.165) is 6.42 Å². The molecule has 0 aliphatic carbocycles. The Bertz CT molecular complexity index is 329. The first kappa shape index (κ1) is 11.7. The summed E-state index contributed by atoms with van der Waals surface area (Å²) >= 11 is 4.17. The van der Waals surface area contributed by atoms with Gasteiger partial charge in [-0.3, -0.25) is 0 Å². The van der Waals surface area contributed by atoms with E-state index in [4.69, 9.17) is 4.74 Å². The minimum Gasteiger partial charge on any atom is -0.349 e. The van der Waals surface area contributed by atoms with Gasteiger partial charge >= 0.3 is 0 Å². The SMILES string of the molecule is CCCCC1OC(I)Sc2ccccc21. The first-order valence-corrected chi connectivity index (χ1v) is 7.49. The van der Waals surface area contributed by atoms with Crippen LogP contribution < -0.4 is 0 Å². The predicted octanol–water partition coefficient (Wildman–Crippen LogP) is 4.76. The summed E-state index contributed by atoms with van der Waals surface area (Å²) in [4.78, 5) is 1.39. The number of ether oxygens (including phenoxy) is 1. The van der Waals surface area contributed by atoms with Crippen LogP contribution >= 0.6 is 34.4 Å². The van der Waals surface area contributed by atoms with Crippen molar-refractivity contribution in [3.63, 3.8) is 0 Å². The molecule has 0 spiro atoms. The quantitative estimate of drug-likeness (QED) is 0.582. The molecule has 0 saturated heterocycles. The van der Waals surface area contributed by atoms with Crippen molar-refractivity contribution in [3.05, 3.63) is 29.8 Å². The Morgan fingerprint density at radius 1 is 1.40 bits per heavy atom. The first-order chi connectivity index (χ1) is 7.31. The van der Waals surface area contributed by atoms with Crippen LogP contribution in [0.4, 0.5) is 0 Å². The average Bonchev–Trinajstić information content (AvgIpc) is 2.25. The minimum absolute atomic E-state index is 0.263. The van der Waals surface area contributed by atoms with Gasteiger partial charge in [0.25, 0.3) is 0 Å². The molecule has 0 saturated carbocycles. The van der Waals surface area contributed by atoms with Crippen molar-refractivity contribution < 1.29 is 4.74 Å². The Morgan fingerprint density at radius 3 is 3.00 bits per heavy atom. The van der Waals surface area contributed by atoms with Crippen molar-refractivity contribution in [2.45, 2.75) is 40.6 Å². The number of alkyl halides is 1. The van der Waals surface area contributed by atoms with Crippen molar-refractivity contribution in [2.24, 2.45) is 0 Å². The maximum Gasteiger partial charge on any atom is 0.159 e. The van der Waals surface area contributed by atoms with E-state index >= 15 is 0 Å². The second-order valence-corrected chi connectivity index (χ2v) is 6.78. The third-order valence-electron chi connectivity index (χ3n) is 2.58. The van der Waals surface area contributed by atoms with Gasteiger partial charge < -0.3 is 4.74 Å². The molecule has 15 heavy (non-hydrogen) atoms. The number of fused-ring (bicyclic) bond motifs is 1. The minimum atomic E-state index is 0.263. The standard InChI is InChI=1S/C12H15IOS/c1-2-3-7-10-9-6-4-5-8-11(9)15-12(13)14-10/h4-6,8,10,12H,2-3,7H2,1H3. The summed E-state index contributed by atoms with van der Waals surface area (Å²) in [7, 11) is 0. The summed E-state index contributed by atoms with van der Waals surface area (Å²) in [5, 5.41) is 0. The fourth-order valence-corrected chi connectivity index (χ4v) is 3.86. The molecule has 2 atom stereocenters. The molecule has 1 aliphatic rings. The van der Waals surface area contributed by atoms with Crippen LogP contribution in [0.5, 0.6) is 0 Å². The summed E-state index contributed by atoms with van der Waals surface area (Å²) < 4.78 is 6.23. The highest BCUT2D eigenvalue weighted by atomic mass is 127. The molecule has 3 heteroatoms. The van der Waals surface area contributed by atoms with Crippen molar-refractivity contribution >= 4 is 34.4 Å². The van der Waals surface area contributed by atoms with Gasteiger partial charge in [0.2, 0.25) is 0 Å². The summed E-state index contributed by atoms with van der Waals surface area (Å²) in [6, 6.07) is 8.62. The van der Waals surface area contributed by atoms with Crippen LogP contribution in [0.15, 0.2) is 29.2 Å². The van der Waals surface area contributed by atoms with Crippen molar-refractivity contribution in [3.8, 4) is 0 Å². The van der Waals surface area contributed by atoms with E-state index in [-0.39, 0.29) is 3.44 Å². The van der Waals surface area contributed by atoms with Crippen LogP contribution in [0.1, 0.15) is 37.9 Å². The molecule has 1 nitrogen and oxygen atoms in total. The van der Waals surface area contributed by atoms with Crippen LogP contribution in [-0.4, -0.2) is 3.44 Å². The van der Waals surface area contributed by atoms with Gasteiger partial charge in [-0.05, 0) is 40.6 Å². The highest BCUT2D eigenvalue weighted by Crippen LogP contribution is 2.43. The third-order valence-corrected chi connectivity index (χ3v) is 4.56. The summed E-state index contributed by atoms with van der Waals surface area (Å²) in [6.45, 7) is 2.23. The van der Waals surface area contributed by atoms with Crippen LogP contribution in [0.3, 0.4) is 0 Å². The molecule has 0 bridgehead atoms. The smallest absolute Gasteiger partial charge is 0.159 e. The number of rotatable bonds is 3. The van der Waals surface area contributed by atoms with Crippen molar-refractivity contribution in [2.75, 3.05) is 0 Å². The number of hydrogen-bond donors (Lipinski definition) is 0. The number of halogens is 1. The second kappa shape index (κ2) is 5.55. The molecular formula is C12H15IOS. The molecule has 0 amide bonds. The van der Waals surface area contributed by atoms with Crippen LogP contribution in [0.2, 0.25) is 0 Å². The maximum absolute atomic E-state index is 5.96. The molecule has 0 N–H and O–H groups in total. The molecule has 0 aromatic heterocycles. The van der Waals surface area contributed by atoms with E-state index in [1.165, 1.54) is 23.3 Å². The lowest BCUT2D eigenvalue weighted by atomic mass is 10.0.